The van der Waals surface area contributed by atoms with Crippen molar-refractivity contribution < 1.29 is 9.53 Å². The van der Waals surface area contributed by atoms with Gasteiger partial charge in [0.1, 0.15) is 5.78 Å². The van der Waals surface area contributed by atoms with E-state index in [4.69, 9.17) is 4.74 Å². The molecule has 1 N–H and O–H groups in total. The van der Waals surface area contributed by atoms with E-state index in [1.54, 1.807) is 0 Å². The number of carbonyl (C=O) groups is 1. The van der Waals surface area contributed by atoms with Gasteiger partial charge in [-0.1, -0.05) is 19.8 Å². The van der Waals surface area contributed by atoms with E-state index in [1.165, 1.54) is 12.8 Å². The summed E-state index contributed by atoms with van der Waals surface area (Å²) in [6.07, 6.45) is 4.61. The number of likely N-dealkylation sites (N-methyl/N-ethyl adjacent to an activating group) is 1. The van der Waals surface area contributed by atoms with Gasteiger partial charge in [-0.05, 0) is 25.8 Å². The molecule has 1 aliphatic carbocycles. The molecule has 0 aromatic heterocycles. The molecule has 0 radical (unpaired) electrons. The highest BCUT2D eigenvalue weighted by molar-refractivity contribution is 5.84. The molecule has 1 saturated carbocycles. The summed E-state index contributed by atoms with van der Waals surface area (Å²) in [5.74, 6) is 1.66. The van der Waals surface area contributed by atoms with Crippen LogP contribution in [0, 0.1) is 17.8 Å². The second kappa shape index (κ2) is 5.28. The van der Waals surface area contributed by atoms with Gasteiger partial charge in [0.15, 0.2) is 0 Å². The standard InChI is InChI=1S/C13H23NO2/c1-9-3-5-10(6-4-9)13(15)11-7-16-8-12(11)14-2/h9-12,14H,3-8H2,1-2H3. The van der Waals surface area contributed by atoms with Crippen LogP contribution >= 0.6 is 0 Å². The van der Waals surface area contributed by atoms with Gasteiger partial charge in [0, 0.05) is 12.0 Å². The molecular weight excluding hydrogens is 202 g/mol. The molecule has 1 heterocycles. The summed E-state index contributed by atoms with van der Waals surface area (Å²) >= 11 is 0. The highest BCUT2D eigenvalue weighted by Gasteiger charge is 2.37. The van der Waals surface area contributed by atoms with E-state index in [9.17, 15) is 4.79 Å². The van der Waals surface area contributed by atoms with Gasteiger partial charge in [-0.3, -0.25) is 4.79 Å². The van der Waals surface area contributed by atoms with Crippen LogP contribution in [0.15, 0.2) is 0 Å². The maximum atomic E-state index is 12.4. The molecule has 0 aromatic carbocycles. The van der Waals surface area contributed by atoms with Gasteiger partial charge in [0.25, 0.3) is 0 Å². The Balaban J connectivity index is 1.91. The lowest BCUT2D eigenvalue weighted by Gasteiger charge is -2.28. The fourth-order valence-electron chi connectivity index (χ4n) is 2.97. The van der Waals surface area contributed by atoms with E-state index in [2.05, 4.69) is 12.2 Å². The maximum absolute atomic E-state index is 12.4. The van der Waals surface area contributed by atoms with Crippen LogP contribution < -0.4 is 5.32 Å². The number of ketones is 1. The van der Waals surface area contributed by atoms with E-state index in [-0.39, 0.29) is 12.0 Å². The Morgan fingerprint density at radius 2 is 1.88 bits per heavy atom. The van der Waals surface area contributed by atoms with Crippen molar-refractivity contribution in [3.63, 3.8) is 0 Å². The summed E-state index contributed by atoms with van der Waals surface area (Å²) in [6, 6.07) is 0.242. The summed E-state index contributed by atoms with van der Waals surface area (Å²) in [5, 5.41) is 3.20. The molecule has 3 heteroatoms. The highest BCUT2D eigenvalue weighted by Crippen LogP contribution is 2.32. The highest BCUT2D eigenvalue weighted by atomic mass is 16.5. The monoisotopic (exact) mass is 225 g/mol. The zero-order valence-corrected chi connectivity index (χ0v) is 10.4. The van der Waals surface area contributed by atoms with E-state index < -0.39 is 0 Å². The fourth-order valence-corrected chi connectivity index (χ4v) is 2.97. The fraction of sp³-hybridized carbons (Fsp3) is 0.923. The van der Waals surface area contributed by atoms with Crippen molar-refractivity contribution in [3.8, 4) is 0 Å². The van der Waals surface area contributed by atoms with Gasteiger partial charge in [0.05, 0.1) is 19.1 Å². The molecule has 2 unspecified atom stereocenters. The van der Waals surface area contributed by atoms with Crippen LogP contribution in [0.1, 0.15) is 32.6 Å². The summed E-state index contributed by atoms with van der Waals surface area (Å²) < 4.78 is 5.41. The molecule has 16 heavy (non-hydrogen) atoms. The first-order chi connectivity index (χ1) is 7.72. The van der Waals surface area contributed by atoms with Gasteiger partial charge in [0.2, 0.25) is 0 Å². The molecule has 2 aliphatic rings. The molecule has 0 amide bonds. The number of nitrogens with one attached hydrogen (secondary N) is 1. The van der Waals surface area contributed by atoms with E-state index >= 15 is 0 Å². The third-order valence-corrected chi connectivity index (χ3v) is 4.23. The lowest BCUT2D eigenvalue weighted by Crippen LogP contribution is -2.40. The first-order valence-electron chi connectivity index (χ1n) is 6.51. The number of Topliss-reactive ketones (excluding diaryl/α,β-unsaturated/α-hetero) is 1. The largest absolute Gasteiger partial charge is 0.379 e. The van der Waals surface area contributed by atoms with Crippen molar-refractivity contribution in [1.82, 2.24) is 5.32 Å². The third-order valence-electron chi connectivity index (χ3n) is 4.23. The molecule has 1 saturated heterocycles. The first kappa shape index (κ1) is 12.1. The average molecular weight is 225 g/mol. The van der Waals surface area contributed by atoms with Crippen LogP contribution in [-0.4, -0.2) is 32.1 Å². The Labute approximate surface area is 97.9 Å². The summed E-state index contributed by atoms with van der Waals surface area (Å²) in [5.41, 5.74) is 0. The smallest absolute Gasteiger partial charge is 0.142 e. The van der Waals surface area contributed by atoms with E-state index in [0.717, 1.165) is 18.8 Å². The topological polar surface area (TPSA) is 38.3 Å². The zero-order valence-electron chi connectivity index (χ0n) is 10.4. The van der Waals surface area contributed by atoms with Crippen LogP contribution in [-0.2, 0) is 9.53 Å². The Morgan fingerprint density at radius 3 is 2.50 bits per heavy atom. The molecule has 0 aromatic rings. The Bertz CT molecular complexity index is 246. The molecule has 2 rings (SSSR count). The van der Waals surface area contributed by atoms with E-state index in [1.807, 2.05) is 7.05 Å². The summed E-state index contributed by atoms with van der Waals surface area (Å²) in [6.45, 7) is 3.60. The van der Waals surface area contributed by atoms with Gasteiger partial charge in [-0.15, -0.1) is 0 Å². The van der Waals surface area contributed by atoms with Crippen molar-refractivity contribution >= 4 is 5.78 Å². The summed E-state index contributed by atoms with van der Waals surface area (Å²) in [7, 11) is 1.92. The predicted octanol–water partition coefficient (Wildman–Crippen LogP) is 1.62. The second-order valence-corrected chi connectivity index (χ2v) is 5.40. The lowest BCUT2D eigenvalue weighted by atomic mass is 9.77. The van der Waals surface area contributed by atoms with Crippen molar-refractivity contribution in [1.29, 1.82) is 0 Å². The summed E-state index contributed by atoms with van der Waals surface area (Å²) in [4.78, 5) is 12.4. The molecule has 0 bridgehead atoms. The minimum atomic E-state index is 0.100. The van der Waals surface area contributed by atoms with Crippen LogP contribution in [0.5, 0.6) is 0 Å². The number of rotatable bonds is 3. The van der Waals surface area contributed by atoms with Crippen molar-refractivity contribution in [2.75, 3.05) is 20.3 Å². The average Bonchev–Trinajstić information content (AvgIpc) is 2.77. The third kappa shape index (κ3) is 2.46. The van der Waals surface area contributed by atoms with Crippen LogP contribution in [0.2, 0.25) is 0 Å². The minimum Gasteiger partial charge on any atom is -0.379 e. The number of carbonyl (C=O) groups excluding carboxylic acids is 1. The molecule has 1 aliphatic heterocycles. The number of ether oxygens (including phenoxy) is 1. The molecule has 2 atom stereocenters. The predicted molar refractivity (Wildman–Crippen MR) is 63.3 cm³/mol. The van der Waals surface area contributed by atoms with Gasteiger partial charge >= 0.3 is 0 Å². The number of hydrogen-bond acceptors (Lipinski definition) is 3. The van der Waals surface area contributed by atoms with E-state index in [0.29, 0.717) is 24.9 Å². The van der Waals surface area contributed by atoms with Crippen molar-refractivity contribution in [2.45, 2.75) is 38.6 Å². The molecular formula is C13H23NO2. The van der Waals surface area contributed by atoms with Crippen LogP contribution in [0.3, 0.4) is 0 Å². The Hall–Kier alpha value is -0.410. The second-order valence-electron chi connectivity index (χ2n) is 5.40. The maximum Gasteiger partial charge on any atom is 0.142 e. The molecule has 3 nitrogen and oxygen atoms in total. The zero-order chi connectivity index (χ0) is 11.5. The van der Waals surface area contributed by atoms with Gasteiger partial charge in [-0.25, -0.2) is 0 Å². The minimum absolute atomic E-state index is 0.100. The van der Waals surface area contributed by atoms with Crippen molar-refractivity contribution in [2.24, 2.45) is 17.8 Å². The quantitative estimate of drug-likeness (QED) is 0.793. The van der Waals surface area contributed by atoms with Gasteiger partial charge in [-0.2, -0.15) is 0 Å². The Kier molecular flexibility index (Phi) is 3.98. The molecule has 2 fully saturated rings. The van der Waals surface area contributed by atoms with Crippen molar-refractivity contribution in [3.05, 3.63) is 0 Å². The van der Waals surface area contributed by atoms with Gasteiger partial charge < -0.3 is 10.1 Å². The molecule has 92 valence electrons. The lowest BCUT2D eigenvalue weighted by molar-refractivity contribution is -0.128. The SMILES string of the molecule is CNC1COCC1C(=O)C1CCC(C)CC1. The first-order valence-corrected chi connectivity index (χ1v) is 6.51. The van der Waals surface area contributed by atoms with Crippen LogP contribution in [0.4, 0.5) is 0 Å². The number of hydrogen-bond donors (Lipinski definition) is 1. The molecule has 0 spiro atoms. The normalized spacial score (nSPS) is 39.9. The van der Waals surface area contributed by atoms with Crippen LogP contribution in [0.25, 0.3) is 0 Å². The Morgan fingerprint density at radius 1 is 1.19 bits per heavy atom.